The molecule has 0 radical (unpaired) electrons. The number of nitrogens with one attached hydrogen (secondary N) is 2. The summed E-state index contributed by atoms with van der Waals surface area (Å²) in [5, 5.41) is 11.3. The van der Waals surface area contributed by atoms with Crippen molar-refractivity contribution in [2.75, 3.05) is 30.3 Å². The van der Waals surface area contributed by atoms with Gasteiger partial charge in [-0.15, -0.1) is 29.9 Å². The number of rotatable bonds is 5. The highest BCUT2D eigenvalue weighted by Gasteiger charge is 2.27. The largest absolute Gasteiger partial charge is 0.366 e. The molecule has 2 aromatic rings. The lowest BCUT2D eigenvalue weighted by atomic mass is 9.94. The van der Waals surface area contributed by atoms with E-state index in [1.807, 2.05) is 12.1 Å². The van der Waals surface area contributed by atoms with Crippen LogP contribution in [-0.4, -0.2) is 40.9 Å². The van der Waals surface area contributed by atoms with Crippen molar-refractivity contribution < 1.29 is 0 Å². The normalized spacial score (nSPS) is 19.8. The third-order valence-corrected chi connectivity index (χ3v) is 4.68. The maximum Gasteiger partial charge on any atom is 0.241 e. The number of hydrogen-bond donors (Lipinski definition) is 3. The number of nitrogen functional groups attached to an aromatic ring is 1. The SMILES string of the molecule is CC1CN(c2nc(N)n[nH]2)CCC1NCCc1ccc(Cl)cc1.Cl.Cl. The van der Waals surface area contributed by atoms with Crippen LogP contribution < -0.4 is 16.0 Å². The Bertz CT molecular complexity index is 633. The Kier molecular flexibility index (Phi) is 8.79. The van der Waals surface area contributed by atoms with E-state index >= 15 is 0 Å². The molecule has 3 rings (SSSR count). The molecule has 0 spiro atoms. The molecule has 2 unspecified atom stereocenters. The van der Waals surface area contributed by atoms with E-state index in [-0.39, 0.29) is 24.8 Å². The summed E-state index contributed by atoms with van der Waals surface area (Å²) < 4.78 is 0. The molecule has 0 bridgehead atoms. The van der Waals surface area contributed by atoms with E-state index in [9.17, 15) is 0 Å². The molecule has 25 heavy (non-hydrogen) atoms. The van der Waals surface area contributed by atoms with E-state index < -0.39 is 0 Å². The van der Waals surface area contributed by atoms with Crippen LogP contribution in [0.2, 0.25) is 5.02 Å². The lowest BCUT2D eigenvalue weighted by molar-refractivity contribution is 0.321. The van der Waals surface area contributed by atoms with Crippen LogP contribution in [0.1, 0.15) is 18.9 Å². The van der Waals surface area contributed by atoms with Crippen molar-refractivity contribution in [2.24, 2.45) is 5.92 Å². The van der Waals surface area contributed by atoms with Crippen molar-refractivity contribution in [3.05, 3.63) is 34.9 Å². The molecular formula is C16H25Cl3N6. The van der Waals surface area contributed by atoms with Gasteiger partial charge in [0.2, 0.25) is 11.9 Å². The molecule has 1 saturated heterocycles. The number of benzene rings is 1. The van der Waals surface area contributed by atoms with E-state index in [1.54, 1.807) is 0 Å². The Morgan fingerprint density at radius 2 is 2.04 bits per heavy atom. The fourth-order valence-corrected chi connectivity index (χ4v) is 3.23. The maximum absolute atomic E-state index is 5.91. The molecule has 0 amide bonds. The Morgan fingerprint density at radius 1 is 1.32 bits per heavy atom. The van der Waals surface area contributed by atoms with Crippen LogP contribution in [0.25, 0.3) is 0 Å². The van der Waals surface area contributed by atoms with Crippen LogP contribution in [0.3, 0.4) is 0 Å². The minimum Gasteiger partial charge on any atom is -0.366 e. The molecule has 4 N–H and O–H groups in total. The minimum absolute atomic E-state index is 0. The summed E-state index contributed by atoms with van der Waals surface area (Å²) in [6, 6.07) is 8.59. The summed E-state index contributed by atoms with van der Waals surface area (Å²) in [6.07, 6.45) is 2.10. The Morgan fingerprint density at radius 3 is 2.64 bits per heavy atom. The highest BCUT2D eigenvalue weighted by atomic mass is 35.5. The van der Waals surface area contributed by atoms with Gasteiger partial charge in [0.1, 0.15) is 0 Å². The molecule has 1 aliphatic rings. The van der Waals surface area contributed by atoms with Crippen LogP contribution in [0.4, 0.5) is 11.9 Å². The molecule has 2 heterocycles. The summed E-state index contributed by atoms with van der Waals surface area (Å²) >= 11 is 5.91. The number of piperidine rings is 1. The van der Waals surface area contributed by atoms with Gasteiger partial charge in [0, 0.05) is 24.2 Å². The van der Waals surface area contributed by atoms with Gasteiger partial charge in [-0.2, -0.15) is 4.98 Å². The zero-order valence-electron chi connectivity index (χ0n) is 14.1. The van der Waals surface area contributed by atoms with E-state index in [0.29, 0.717) is 17.9 Å². The molecule has 140 valence electrons. The van der Waals surface area contributed by atoms with Crippen molar-refractivity contribution in [2.45, 2.75) is 25.8 Å². The van der Waals surface area contributed by atoms with Crippen LogP contribution >= 0.6 is 36.4 Å². The second-order valence-corrected chi connectivity index (χ2v) is 6.60. The summed E-state index contributed by atoms with van der Waals surface area (Å²) in [7, 11) is 0. The quantitative estimate of drug-likeness (QED) is 0.710. The number of nitrogens with zero attached hydrogens (tertiary/aromatic N) is 3. The lowest BCUT2D eigenvalue weighted by Gasteiger charge is -2.37. The fourth-order valence-electron chi connectivity index (χ4n) is 3.10. The zero-order valence-corrected chi connectivity index (χ0v) is 16.5. The third-order valence-electron chi connectivity index (χ3n) is 4.43. The van der Waals surface area contributed by atoms with E-state index in [0.717, 1.165) is 43.4 Å². The minimum atomic E-state index is 0. The number of H-pyrrole nitrogens is 1. The smallest absolute Gasteiger partial charge is 0.241 e. The van der Waals surface area contributed by atoms with Crippen molar-refractivity contribution in [3.63, 3.8) is 0 Å². The first-order chi connectivity index (χ1) is 11.1. The highest BCUT2D eigenvalue weighted by Crippen LogP contribution is 2.21. The molecule has 2 atom stereocenters. The monoisotopic (exact) mass is 406 g/mol. The Balaban J connectivity index is 0.00000156. The molecule has 1 aromatic heterocycles. The molecule has 1 aromatic carbocycles. The first-order valence-corrected chi connectivity index (χ1v) is 8.40. The van der Waals surface area contributed by atoms with E-state index in [2.05, 4.69) is 44.5 Å². The van der Waals surface area contributed by atoms with Crippen LogP contribution in [0, 0.1) is 5.92 Å². The van der Waals surface area contributed by atoms with Gasteiger partial charge < -0.3 is 16.0 Å². The van der Waals surface area contributed by atoms with E-state index in [1.165, 1.54) is 5.56 Å². The van der Waals surface area contributed by atoms with Crippen molar-refractivity contribution in [1.29, 1.82) is 0 Å². The highest BCUT2D eigenvalue weighted by molar-refractivity contribution is 6.30. The second-order valence-electron chi connectivity index (χ2n) is 6.17. The predicted octanol–water partition coefficient (Wildman–Crippen LogP) is 2.93. The number of anilines is 2. The van der Waals surface area contributed by atoms with Gasteiger partial charge >= 0.3 is 0 Å². The van der Waals surface area contributed by atoms with Crippen molar-refractivity contribution in [1.82, 2.24) is 20.5 Å². The molecule has 6 nitrogen and oxygen atoms in total. The number of halogens is 3. The van der Waals surface area contributed by atoms with Gasteiger partial charge in [0.05, 0.1) is 0 Å². The third kappa shape index (κ3) is 5.92. The number of aromatic nitrogens is 3. The molecule has 9 heteroatoms. The van der Waals surface area contributed by atoms with Gasteiger partial charge in [-0.3, -0.25) is 0 Å². The van der Waals surface area contributed by atoms with Gasteiger partial charge in [0.15, 0.2) is 0 Å². The maximum atomic E-state index is 5.91. The first kappa shape index (κ1) is 21.8. The van der Waals surface area contributed by atoms with Crippen molar-refractivity contribution in [3.8, 4) is 0 Å². The summed E-state index contributed by atoms with van der Waals surface area (Å²) in [6.45, 7) is 5.16. The van der Waals surface area contributed by atoms with Gasteiger partial charge in [0.25, 0.3) is 0 Å². The summed E-state index contributed by atoms with van der Waals surface area (Å²) in [5.74, 6) is 1.62. The molecular weight excluding hydrogens is 383 g/mol. The average Bonchev–Trinajstić information content (AvgIpc) is 2.97. The van der Waals surface area contributed by atoms with E-state index in [4.69, 9.17) is 17.3 Å². The molecule has 1 fully saturated rings. The number of aromatic amines is 1. The predicted molar refractivity (Wildman–Crippen MR) is 108 cm³/mol. The van der Waals surface area contributed by atoms with Crippen LogP contribution in [-0.2, 0) is 6.42 Å². The molecule has 1 aliphatic heterocycles. The standard InChI is InChI=1S/C16H23ClN6.2ClH/c1-11-10-23(16-20-15(18)21-22-16)9-7-14(11)19-8-6-12-2-4-13(17)5-3-12;;/h2-5,11,14,19H,6-10H2,1H3,(H3,18,20,21,22);2*1H. The van der Waals surface area contributed by atoms with Crippen molar-refractivity contribution >= 4 is 48.3 Å². The number of hydrogen-bond acceptors (Lipinski definition) is 5. The molecule has 0 saturated carbocycles. The lowest BCUT2D eigenvalue weighted by Crippen LogP contribution is -2.49. The zero-order chi connectivity index (χ0) is 16.2. The van der Waals surface area contributed by atoms with Crippen LogP contribution in [0.5, 0.6) is 0 Å². The molecule has 0 aliphatic carbocycles. The fraction of sp³-hybridized carbons (Fsp3) is 0.500. The summed E-state index contributed by atoms with van der Waals surface area (Å²) in [5.41, 5.74) is 6.89. The van der Waals surface area contributed by atoms with Gasteiger partial charge in [-0.1, -0.05) is 30.7 Å². The summed E-state index contributed by atoms with van der Waals surface area (Å²) in [4.78, 5) is 6.42. The number of nitrogens with two attached hydrogens (primary N) is 1. The first-order valence-electron chi connectivity index (χ1n) is 8.02. The Labute approximate surface area is 165 Å². The second kappa shape index (κ2) is 10.1. The van der Waals surface area contributed by atoms with Crippen LogP contribution in [0.15, 0.2) is 24.3 Å². The van der Waals surface area contributed by atoms with Gasteiger partial charge in [-0.25, -0.2) is 5.10 Å². The topological polar surface area (TPSA) is 82.9 Å². The average molecular weight is 408 g/mol. The Hall–Kier alpha value is -1.21. The van der Waals surface area contributed by atoms with Gasteiger partial charge in [-0.05, 0) is 43.0 Å².